The topological polar surface area (TPSA) is 69.7 Å². The third-order valence-electron chi connectivity index (χ3n) is 4.19. The van der Waals surface area contributed by atoms with Gasteiger partial charge in [-0.1, -0.05) is 13.8 Å². The minimum Gasteiger partial charge on any atom is -0.458 e. The third-order valence-corrected chi connectivity index (χ3v) is 4.61. The molecule has 0 aliphatic rings. The number of rotatable bonds is 5. The predicted octanol–water partition coefficient (Wildman–Crippen LogP) is 5.34. The van der Waals surface area contributed by atoms with E-state index >= 15 is 0 Å². The van der Waals surface area contributed by atoms with Crippen molar-refractivity contribution >= 4 is 38.9 Å². The Balaban J connectivity index is 1.83. The van der Waals surface area contributed by atoms with Crippen LogP contribution in [0.15, 0.2) is 54.7 Å². The van der Waals surface area contributed by atoms with Crippen molar-refractivity contribution in [3.8, 4) is 0 Å². The highest BCUT2D eigenvalue weighted by molar-refractivity contribution is 9.10. The summed E-state index contributed by atoms with van der Waals surface area (Å²) in [5.74, 6) is 0.328. The summed E-state index contributed by atoms with van der Waals surface area (Å²) >= 11 is 3.20. The molecular formula is C21H19BrO5. The Morgan fingerprint density at radius 1 is 1.22 bits per heavy atom. The molecule has 0 amide bonds. The van der Waals surface area contributed by atoms with E-state index in [1.807, 2.05) is 19.1 Å². The summed E-state index contributed by atoms with van der Waals surface area (Å²) in [5, 5.41) is 0.774. The minimum atomic E-state index is -0.528. The first kappa shape index (κ1) is 19.2. The normalized spacial score (nSPS) is 11.6. The number of hydrogen-bond acceptors (Lipinski definition) is 5. The Hall–Kier alpha value is -2.60. The largest absolute Gasteiger partial charge is 0.458 e. The first-order valence-corrected chi connectivity index (χ1v) is 9.30. The van der Waals surface area contributed by atoms with Crippen LogP contribution < -0.4 is 5.63 Å². The lowest BCUT2D eigenvalue weighted by Crippen LogP contribution is -2.06. The Labute approximate surface area is 164 Å². The van der Waals surface area contributed by atoms with Gasteiger partial charge in [0.25, 0.3) is 0 Å². The van der Waals surface area contributed by atoms with Crippen LogP contribution in [0.1, 0.15) is 42.2 Å². The van der Waals surface area contributed by atoms with Crippen molar-refractivity contribution in [1.82, 2.24) is 0 Å². The van der Waals surface area contributed by atoms with Gasteiger partial charge in [-0.2, -0.15) is 0 Å². The predicted molar refractivity (Wildman–Crippen MR) is 107 cm³/mol. The van der Waals surface area contributed by atoms with Gasteiger partial charge in [0.05, 0.1) is 0 Å². The van der Waals surface area contributed by atoms with Crippen LogP contribution in [0.3, 0.4) is 0 Å². The SMILES string of the molecule is Cc1cc2oc(=O)cc(COC(=O)C=Cc3ccc(Br)o3)c2cc1C(C)C. The smallest absolute Gasteiger partial charge is 0.336 e. The molecule has 140 valence electrons. The highest BCUT2D eigenvalue weighted by atomic mass is 79.9. The van der Waals surface area contributed by atoms with Gasteiger partial charge in [0, 0.05) is 23.1 Å². The van der Waals surface area contributed by atoms with E-state index in [1.165, 1.54) is 18.2 Å². The molecule has 0 bridgehead atoms. The number of hydrogen-bond donors (Lipinski definition) is 0. The third kappa shape index (κ3) is 4.57. The summed E-state index contributed by atoms with van der Waals surface area (Å²) in [6, 6.07) is 8.67. The van der Waals surface area contributed by atoms with Gasteiger partial charge in [0.15, 0.2) is 4.67 Å². The van der Waals surface area contributed by atoms with Crippen LogP contribution in [0.4, 0.5) is 0 Å². The van der Waals surface area contributed by atoms with E-state index in [9.17, 15) is 9.59 Å². The summed E-state index contributed by atoms with van der Waals surface area (Å²) in [6.07, 6.45) is 2.80. The van der Waals surface area contributed by atoms with Gasteiger partial charge in [-0.25, -0.2) is 9.59 Å². The van der Waals surface area contributed by atoms with E-state index < -0.39 is 11.6 Å². The van der Waals surface area contributed by atoms with Crippen LogP contribution in [-0.2, 0) is 16.1 Å². The second-order valence-corrected chi connectivity index (χ2v) is 7.31. The molecule has 0 saturated carbocycles. The zero-order valence-corrected chi connectivity index (χ0v) is 16.8. The Morgan fingerprint density at radius 2 is 2.00 bits per heavy atom. The Morgan fingerprint density at radius 3 is 2.67 bits per heavy atom. The standard InChI is InChI=1S/C21H19BrO5/c1-12(2)16-10-17-14(9-21(24)27-18(17)8-13(16)3)11-25-20(23)7-5-15-4-6-19(22)26-15/h4-10,12H,11H2,1-3H3. The lowest BCUT2D eigenvalue weighted by molar-refractivity contribution is -0.138. The molecule has 3 aromatic rings. The molecule has 0 N–H and O–H groups in total. The molecule has 5 nitrogen and oxygen atoms in total. The minimum absolute atomic E-state index is 0.0201. The van der Waals surface area contributed by atoms with Crippen LogP contribution in [0, 0.1) is 6.92 Å². The van der Waals surface area contributed by atoms with E-state index in [-0.39, 0.29) is 6.61 Å². The molecule has 0 atom stereocenters. The van der Waals surface area contributed by atoms with Crippen molar-refractivity contribution in [2.75, 3.05) is 0 Å². The molecule has 0 radical (unpaired) electrons. The molecule has 3 rings (SSSR count). The number of benzene rings is 1. The number of ether oxygens (including phenoxy) is 1. The molecule has 0 saturated heterocycles. The van der Waals surface area contributed by atoms with Crippen LogP contribution in [-0.4, -0.2) is 5.97 Å². The van der Waals surface area contributed by atoms with Crippen LogP contribution in [0.2, 0.25) is 0 Å². The summed E-state index contributed by atoms with van der Waals surface area (Å²) in [4.78, 5) is 23.8. The van der Waals surface area contributed by atoms with Gasteiger partial charge in [-0.15, -0.1) is 0 Å². The zero-order chi connectivity index (χ0) is 19.6. The summed E-state index contributed by atoms with van der Waals surface area (Å²) < 4.78 is 16.5. The van der Waals surface area contributed by atoms with E-state index in [0.29, 0.717) is 27.5 Å². The average Bonchev–Trinajstić information content (AvgIpc) is 3.02. The maximum atomic E-state index is 12.0. The molecule has 1 aromatic carbocycles. The van der Waals surface area contributed by atoms with E-state index in [0.717, 1.165) is 16.5 Å². The molecule has 0 fully saturated rings. The molecule has 0 unspecified atom stereocenters. The van der Waals surface area contributed by atoms with E-state index in [4.69, 9.17) is 13.6 Å². The van der Waals surface area contributed by atoms with E-state index in [1.54, 1.807) is 12.1 Å². The van der Waals surface area contributed by atoms with Gasteiger partial charge in [0.1, 0.15) is 18.0 Å². The highest BCUT2D eigenvalue weighted by Crippen LogP contribution is 2.27. The second-order valence-electron chi connectivity index (χ2n) is 6.53. The number of fused-ring (bicyclic) bond motifs is 1. The van der Waals surface area contributed by atoms with Gasteiger partial charge >= 0.3 is 11.6 Å². The van der Waals surface area contributed by atoms with Crippen molar-refractivity contribution < 1.29 is 18.4 Å². The molecular weight excluding hydrogens is 412 g/mol. The molecule has 2 heterocycles. The molecule has 27 heavy (non-hydrogen) atoms. The van der Waals surface area contributed by atoms with Crippen molar-refractivity contribution in [3.05, 3.63) is 73.9 Å². The van der Waals surface area contributed by atoms with Crippen molar-refractivity contribution in [1.29, 1.82) is 0 Å². The number of aryl methyl sites for hydroxylation is 1. The van der Waals surface area contributed by atoms with Gasteiger partial charge in [0.2, 0.25) is 0 Å². The lowest BCUT2D eigenvalue weighted by atomic mass is 9.95. The first-order valence-electron chi connectivity index (χ1n) is 8.51. The molecule has 2 aromatic heterocycles. The fraction of sp³-hybridized carbons (Fsp3) is 0.238. The van der Waals surface area contributed by atoms with Gasteiger partial charge in [-0.3, -0.25) is 0 Å². The first-order chi connectivity index (χ1) is 12.8. The lowest BCUT2D eigenvalue weighted by Gasteiger charge is -2.13. The Bertz CT molecular complexity index is 1070. The number of furan rings is 1. The maximum Gasteiger partial charge on any atom is 0.336 e. The van der Waals surface area contributed by atoms with Crippen LogP contribution >= 0.6 is 15.9 Å². The van der Waals surface area contributed by atoms with Gasteiger partial charge in [-0.05, 0) is 70.2 Å². The van der Waals surface area contributed by atoms with E-state index in [2.05, 4.69) is 29.8 Å². The van der Waals surface area contributed by atoms with Crippen LogP contribution in [0.5, 0.6) is 0 Å². The fourth-order valence-corrected chi connectivity index (χ4v) is 3.22. The monoisotopic (exact) mass is 430 g/mol. The Kier molecular flexibility index (Phi) is 5.65. The molecule has 0 spiro atoms. The zero-order valence-electron chi connectivity index (χ0n) is 15.2. The van der Waals surface area contributed by atoms with Crippen molar-refractivity contribution in [2.45, 2.75) is 33.3 Å². The number of carbonyl (C=O) groups is 1. The van der Waals surface area contributed by atoms with Gasteiger partial charge < -0.3 is 13.6 Å². The maximum absolute atomic E-state index is 12.0. The molecule has 0 aliphatic heterocycles. The second kappa shape index (κ2) is 7.96. The average molecular weight is 431 g/mol. The summed E-state index contributed by atoms with van der Waals surface area (Å²) in [6.45, 7) is 6.17. The number of halogens is 1. The molecule has 0 aliphatic carbocycles. The molecule has 6 heteroatoms. The summed E-state index contributed by atoms with van der Waals surface area (Å²) in [7, 11) is 0. The number of carbonyl (C=O) groups excluding carboxylic acids is 1. The fourth-order valence-electron chi connectivity index (χ4n) is 2.90. The van der Waals surface area contributed by atoms with Crippen LogP contribution in [0.25, 0.3) is 17.0 Å². The quantitative estimate of drug-likeness (QED) is 0.310. The highest BCUT2D eigenvalue weighted by Gasteiger charge is 2.12. The van der Waals surface area contributed by atoms with Crippen molar-refractivity contribution in [3.63, 3.8) is 0 Å². The number of esters is 1. The van der Waals surface area contributed by atoms with Crippen molar-refractivity contribution in [2.24, 2.45) is 0 Å². The summed E-state index contributed by atoms with van der Waals surface area (Å²) in [5.41, 5.74) is 2.85.